The van der Waals surface area contributed by atoms with Gasteiger partial charge in [0.25, 0.3) is 0 Å². The van der Waals surface area contributed by atoms with Crippen molar-refractivity contribution in [3.8, 4) is 0 Å². The minimum Gasteiger partial charge on any atom is -0.335 e. The number of hydrogen-bond donors (Lipinski definition) is 1. The summed E-state index contributed by atoms with van der Waals surface area (Å²) in [5.74, 6) is 0.760. The van der Waals surface area contributed by atoms with Gasteiger partial charge in [-0.15, -0.1) is 0 Å². The average Bonchev–Trinajstić information content (AvgIpc) is 2.87. The summed E-state index contributed by atoms with van der Waals surface area (Å²) in [6, 6.07) is 2.68. The maximum Gasteiger partial charge on any atom is 0.226 e. The minimum atomic E-state index is 0.322. The molecule has 1 amide bonds. The molecule has 2 saturated carbocycles. The summed E-state index contributed by atoms with van der Waals surface area (Å²) >= 11 is 1.73. The number of amides is 1. The molecular formula is C17H24N2OS. The third-order valence-corrected chi connectivity index (χ3v) is 6.52. The molecule has 114 valence electrons. The Labute approximate surface area is 130 Å². The fourth-order valence-corrected chi connectivity index (χ4v) is 4.70. The first-order valence-electron chi connectivity index (χ1n) is 8.31. The molecule has 21 heavy (non-hydrogen) atoms. The highest BCUT2D eigenvalue weighted by atomic mass is 32.1. The molecule has 1 aromatic heterocycles. The molecule has 2 aliphatic carbocycles. The van der Waals surface area contributed by atoms with Gasteiger partial charge in [-0.1, -0.05) is 6.42 Å². The second-order valence-corrected chi connectivity index (χ2v) is 7.84. The molecule has 3 nitrogen and oxygen atoms in total. The normalized spacial score (nSPS) is 27.3. The van der Waals surface area contributed by atoms with Gasteiger partial charge < -0.3 is 10.2 Å². The smallest absolute Gasteiger partial charge is 0.226 e. The van der Waals surface area contributed by atoms with E-state index in [1.54, 1.807) is 11.3 Å². The summed E-state index contributed by atoms with van der Waals surface area (Å²) in [5.41, 5.74) is 1.75. The van der Waals surface area contributed by atoms with E-state index in [4.69, 9.17) is 0 Å². The standard InChI is InChI=1S/C17H24N2OS/c20-16(14-2-1-3-14)19(11-13-4-9-21-12-13)15-10-17(15)5-7-18-8-6-17/h4,9,12,14-15,18H,1-3,5-8,10-11H2. The molecule has 3 fully saturated rings. The van der Waals surface area contributed by atoms with Crippen molar-refractivity contribution in [1.29, 1.82) is 0 Å². The summed E-state index contributed by atoms with van der Waals surface area (Å²) < 4.78 is 0. The van der Waals surface area contributed by atoms with Crippen LogP contribution in [-0.2, 0) is 11.3 Å². The quantitative estimate of drug-likeness (QED) is 0.927. The number of hydrogen-bond acceptors (Lipinski definition) is 3. The fourth-order valence-electron chi connectivity index (χ4n) is 4.04. The molecular weight excluding hydrogens is 280 g/mol. The lowest BCUT2D eigenvalue weighted by atomic mass is 9.84. The first-order valence-corrected chi connectivity index (χ1v) is 9.25. The van der Waals surface area contributed by atoms with Gasteiger partial charge in [-0.05, 0) is 73.0 Å². The Kier molecular flexibility index (Phi) is 3.54. The van der Waals surface area contributed by atoms with E-state index in [-0.39, 0.29) is 0 Å². The van der Waals surface area contributed by atoms with Crippen LogP contribution >= 0.6 is 11.3 Å². The van der Waals surface area contributed by atoms with E-state index in [1.165, 1.54) is 31.2 Å². The molecule has 1 N–H and O–H groups in total. The van der Waals surface area contributed by atoms with Gasteiger partial charge >= 0.3 is 0 Å². The Balaban J connectivity index is 1.51. The maximum absolute atomic E-state index is 12.9. The predicted octanol–water partition coefficient (Wildman–Crippen LogP) is 3.02. The van der Waals surface area contributed by atoms with Crippen LogP contribution in [0.15, 0.2) is 16.8 Å². The van der Waals surface area contributed by atoms with E-state index < -0.39 is 0 Å². The Morgan fingerprint density at radius 1 is 1.38 bits per heavy atom. The zero-order valence-electron chi connectivity index (χ0n) is 12.5. The third kappa shape index (κ3) is 2.53. The number of rotatable bonds is 4. The van der Waals surface area contributed by atoms with E-state index in [9.17, 15) is 4.79 Å². The minimum absolute atomic E-state index is 0.322. The van der Waals surface area contributed by atoms with Crippen LogP contribution in [0, 0.1) is 11.3 Å². The van der Waals surface area contributed by atoms with Gasteiger partial charge in [-0.2, -0.15) is 11.3 Å². The van der Waals surface area contributed by atoms with Gasteiger partial charge in [-0.25, -0.2) is 0 Å². The van der Waals surface area contributed by atoms with Crippen LogP contribution in [0.4, 0.5) is 0 Å². The lowest BCUT2D eigenvalue weighted by Crippen LogP contribution is -2.43. The molecule has 1 atom stereocenters. The lowest BCUT2D eigenvalue weighted by Gasteiger charge is -2.34. The largest absolute Gasteiger partial charge is 0.335 e. The molecule has 3 aliphatic rings. The van der Waals surface area contributed by atoms with Crippen LogP contribution < -0.4 is 5.32 Å². The number of thiophene rings is 1. The highest BCUT2D eigenvalue weighted by Gasteiger charge is 2.58. The highest BCUT2D eigenvalue weighted by molar-refractivity contribution is 7.07. The number of nitrogens with one attached hydrogen (secondary N) is 1. The molecule has 1 spiro atoms. The van der Waals surface area contributed by atoms with E-state index in [2.05, 4.69) is 27.0 Å². The lowest BCUT2D eigenvalue weighted by molar-refractivity contribution is -0.140. The maximum atomic E-state index is 12.9. The third-order valence-electron chi connectivity index (χ3n) is 5.79. The first-order chi connectivity index (χ1) is 10.3. The van der Waals surface area contributed by atoms with Crippen LogP contribution in [0.3, 0.4) is 0 Å². The predicted molar refractivity (Wildman–Crippen MR) is 85.2 cm³/mol. The van der Waals surface area contributed by atoms with E-state index in [1.807, 2.05) is 0 Å². The molecule has 1 unspecified atom stereocenters. The van der Waals surface area contributed by atoms with E-state index in [0.717, 1.165) is 32.5 Å². The van der Waals surface area contributed by atoms with E-state index in [0.29, 0.717) is 23.3 Å². The van der Waals surface area contributed by atoms with Crippen molar-refractivity contribution >= 4 is 17.2 Å². The van der Waals surface area contributed by atoms with Gasteiger partial charge in [0.2, 0.25) is 5.91 Å². The fraction of sp³-hybridized carbons (Fsp3) is 0.706. The summed E-state index contributed by atoms with van der Waals surface area (Å²) in [7, 11) is 0. The van der Waals surface area contributed by atoms with Gasteiger partial charge in [0.15, 0.2) is 0 Å². The highest BCUT2D eigenvalue weighted by Crippen LogP contribution is 2.56. The van der Waals surface area contributed by atoms with Crippen molar-refractivity contribution in [3.05, 3.63) is 22.4 Å². The summed E-state index contributed by atoms with van der Waals surface area (Å²) in [6.45, 7) is 3.08. The number of piperidine rings is 1. The summed E-state index contributed by atoms with van der Waals surface area (Å²) in [5, 5.41) is 7.77. The van der Waals surface area contributed by atoms with Gasteiger partial charge in [0, 0.05) is 18.5 Å². The van der Waals surface area contributed by atoms with Crippen molar-refractivity contribution in [2.75, 3.05) is 13.1 Å². The molecule has 1 saturated heterocycles. The summed E-state index contributed by atoms with van der Waals surface area (Å²) in [4.78, 5) is 15.1. The number of carbonyl (C=O) groups excluding carboxylic acids is 1. The zero-order valence-corrected chi connectivity index (χ0v) is 13.3. The van der Waals surface area contributed by atoms with E-state index >= 15 is 0 Å². The second kappa shape index (κ2) is 5.40. The Hall–Kier alpha value is -0.870. The average molecular weight is 304 g/mol. The number of nitrogens with zero attached hydrogens (tertiary/aromatic N) is 1. The van der Waals surface area contributed by atoms with Crippen LogP contribution in [0.5, 0.6) is 0 Å². The van der Waals surface area contributed by atoms with Gasteiger partial charge in [0.05, 0.1) is 0 Å². The monoisotopic (exact) mass is 304 g/mol. The van der Waals surface area contributed by atoms with Crippen LogP contribution in [0.1, 0.15) is 44.1 Å². The molecule has 4 rings (SSSR count). The molecule has 4 heteroatoms. The van der Waals surface area contributed by atoms with Crippen LogP contribution in [0.25, 0.3) is 0 Å². The molecule has 0 aromatic carbocycles. The number of carbonyl (C=O) groups is 1. The van der Waals surface area contributed by atoms with Crippen molar-refractivity contribution < 1.29 is 4.79 Å². The second-order valence-electron chi connectivity index (χ2n) is 7.06. The van der Waals surface area contributed by atoms with Crippen molar-refractivity contribution in [2.24, 2.45) is 11.3 Å². The topological polar surface area (TPSA) is 32.3 Å². The van der Waals surface area contributed by atoms with Crippen LogP contribution in [0.2, 0.25) is 0 Å². The van der Waals surface area contributed by atoms with Gasteiger partial charge in [0.1, 0.15) is 0 Å². The molecule has 2 heterocycles. The first kappa shape index (κ1) is 13.8. The van der Waals surface area contributed by atoms with Crippen molar-refractivity contribution in [3.63, 3.8) is 0 Å². The SMILES string of the molecule is O=C(C1CCC1)N(Cc1ccsc1)C1CC12CCNCC2. The van der Waals surface area contributed by atoms with Gasteiger partial charge in [-0.3, -0.25) is 4.79 Å². The van der Waals surface area contributed by atoms with Crippen LogP contribution in [-0.4, -0.2) is 29.9 Å². The molecule has 1 aromatic rings. The Bertz CT molecular complexity index is 503. The molecule has 0 bridgehead atoms. The van der Waals surface area contributed by atoms with Crippen molar-refractivity contribution in [1.82, 2.24) is 10.2 Å². The zero-order chi connectivity index (χ0) is 14.3. The molecule has 1 aliphatic heterocycles. The Morgan fingerprint density at radius 2 is 2.19 bits per heavy atom. The molecule has 0 radical (unpaired) electrons. The summed E-state index contributed by atoms with van der Waals surface area (Å²) in [6.07, 6.45) is 7.19. The Morgan fingerprint density at radius 3 is 2.81 bits per heavy atom. The van der Waals surface area contributed by atoms with Crippen molar-refractivity contribution in [2.45, 2.75) is 51.1 Å².